The molecule has 9 nitrogen and oxygen atoms in total. The molecule has 99 heavy (non-hydrogen) atoms. The summed E-state index contributed by atoms with van der Waals surface area (Å²) in [6.45, 7) is 4.44. The monoisotopic (exact) mass is 1360 g/mol. The van der Waals surface area contributed by atoms with Gasteiger partial charge < -0.3 is 33.3 Å². The van der Waals surface area contributed by atoms with Gasteiger partial charge in [0.05, 0.1) is 40.3 Å². The predicted octanol–water partition coefficient (Wildman–Crippen LogP) is 23.7. The summed E-state index contributed by atoms with van der Waals surface area (Å²) in [7, 11) is 5.90. The molecule has 0 radical (unpaired) electrons. The van der Waals surface area contributed by atoms with Crippen molar-refractivity contribution in [1.29, 1.82) is 0 Å². The first-order valence-electron chi connectivity index (χ1n) is 38.5. The van der Waals surface area contributed by atoms with E-state index in [1.807, 2.05) is 21.1 Å². The number of allylic oxidation sites excluding steroid dienone is 38. The van der Waals surface area contributed by atoms with E-state index in [4.69, 9.17) is 18.9 Å². The molecule has 0 aliphatic carbocycles. The number of ether oxygens (including phenoxy) is 4. The van der Waals surface area contributed by atoms with Crippen molar-refractivity contribution in [2.24, 2.45) is 0 Å². The second kappa shape index (κ2) is 77.1. The minimum atomic E-state index is -1.65. The standard InChI is InChI=1S/C90H139NO8/c1-6-8-10-12-14-16-18-20-22-24-26-28-30-32-34-36-38-40-41-42-43-44-45-46-47-49-50-52-54-56-58-60-62-64-66-68-70-72-74-76-78-80-87(92)97-84-86(85-98-90(89(94)95)96-83-82-91(3,4)5)99-88(93)81-79-77-75-73-71-69-67-65-63-61-59-57-55-53-51-48-39-37-35-33-31-29-27-25-23-21-19-17-15-13-11-9-7-2/h8-11,14-17,20-23,26-29,32-35,38-40,42-43,45-46,48-50,53,55,59,61,65,67,71,73,86,90H,6-7,12-13,18-19,24-25,30-31,36-37,41,44,47,51-52,54,56-58,60,62-64,66,68-70,72,74-85H2,1-5H3/b10-8-,11-9-,16-14-,17-15-,22-20-,23-21-,28-26-,29-27-,34-32-,35-33-,40-38-,43-42-,46-45-,48-39-,50-49-,55-53-,61-59-,67-65-,73-71-. The van der Waals surface area contributed by atoms with Crippen LogP contribution >= 0.6 is 0 Å². The number of carbonyl (C=O) groups excluding carboxylic acids is 3. The third-order valence-corrected chi connectivity index (χ3v) is 15.4. The highest BCUT2D eigenvalue weighted by Gasteiger charge is 2.22. The Kier molecular flexibility index (Phi) is 71.9. The van der Waals surface area contributed by atoms with Gasteiger partial charge in [0.1, 0.15) is 13.2 Å². The maximum atomic E-state index is 12.9. The third-order valence-electron chi connectivity index (χ3n) is 15.4. The van der Waals surface area contributed by atoms with Crippen LogP contribution in [0.25, 0.3) is 0 Å². The van der Waals surface area contributed by atoms with Gasteiger partial charge in [-0.25, -0.2) is 0 Å². The minimum absolute atomic E-state index is 0.127. The number of nitrogens with zero attached hydrogens (tertiary/aromatic N) is 1. The van der Waals surface area contributed by atoms with Gasteiger partial charge in [-0.2, -0.15) is 0 Å². The highest BCUT2D eigenvalue weighted by molar-refractivity contribution is 5.70. The second-order valence-electron chi connectivity index (χ2n) is 25.8. The summed E-state index contributed by atoms with van der Waals surface area (Å²) in [5, 5.41) is 11.9. The van der Waals surface area contributed by atoms with Gasteiger partial charge in [0.2, 0.25) is 0 Å². The Morgan fingerprint density at radius 3 is 0.828 bits per heavy atom. The van der Waals surface area contributed by atoms with Crippen molar-refractivity contribution in [2.75, 3.05) is 47.5 Å². The number of unbranched alkanes of at least 4 members (excludes halogenated alkanes) is 15. The molecule has 0 saturated carbocycles. The molecule has 2 atom stereocenters. The van der Waals surface area contributed by atoms with Crippen molar-refractivity contribution in [1.82, 2.24) is 0 Å². The van der Waals surface area contributed by atoms with Crippen LogP contribution in [0.3, 0.4) is 0 Å². The van der Waals surface area contributed by atoms with E-state index >= 15 is 0 Å². The van der Waals surface area contributed by atoms with E-state index in [1.165, 1.54) is 64.2 Å². The Bertz CT molecular complexity index is 2490. The number of likely N-dealkylation sites (N-methyl/N-ethyl adjacent to an activating group) is 1. The lowest BCUT2D eigenvalue weighted by Crippen LogP contribution is -2.44. The molecule has 0 spiro atoms. The van der Waals surface area contributed by atoms with Crippen molar-refractivity contribution in [2.45, 2.75) is 270 Å². The van der Waals surface area contributed by atoms with Gasteiger partial charge in [-0.05, 0) is 161 Å². The number of carboxylic acid groups (broad SMARTS) is 1. The number of quaternary nitrogens is 1. The molecule has 0 bridgehead atoms. The fourth-order valence-corrected chi connectivity index (χ4v) is 9.62. The number of carbonyl (C=O) groups is 3. The number of hydrogen-bond acceptors (Lipinski definition) is 8. The number of esters is 2. The fourth-order valence-electron chi connectivity index (χ4n) is 9.62. The summed E-state index contributed by atoms with van der Waals surface area (Å²) in [4.78, 5) is 37.6. The van der Waals surface area contributed by atoms with Crippen LogP contribution in [-0.2, 0) is 33.3 Å². The van der Waals surface area contributed by atoms with Crippen molar-refractivity contribution in [3.05, 3.63) is 231 Å². The molecule has 0 saturated heterocycles. The first kappa shape index (κ1) is 92.4. The van der Waals surface area contributed by atoms with Crippen molar-refractivity contribution in [3.63, 3.8) is 0 Å². The molecule has 0 N–H and O–H groups in total. The Balaban J connectivity index is 4.21. The molecule has 0 heterocycles. The molecule has 0 aromatic carbocycles. The summed E-state index contributed by atoms with van der Waals surface area (Å²) in [5.41, 5.74) is 0. The van der Waals surface area contributed by atoms with E-state index in [0.717, 1.165) is 161 Å². The second-order valence-corrected chi connectivity index (χ2v) is 25.8. The summed E-state index contributed by atoms with van der Waals surface area (Å²) in [6.07, 6.45) is 120. The van der Waals surface area contributed by atoms with Crippen LogP contribution < -0.4 is 5.11 Å². The Morgan fingerprint density at radius 1 is 0.303 bits per heavy atom. The van der Waals surface area contributed by atoms with Gasteiger partial charge in [0.15, 0.2) is 12.4 Å². The Morgan fingerprint density at radius 2 is 0.545 bits per heavy atom. The SMILES string of the molecule is CC/C=C\C/C=C\C/C=C\C/C=C\C/C=C\C/C=C\C/C=C\C/C=C\C/C=C\C/C=C\CCCCC(=O)OC(COC(=O)CCCCCCCCCCCCCCC/C=C\C/C=C\C/C=C\C/C=C\C/C=C\C/C=C\C/C=C\C/C=C\C/C=C\CC)COC(OCC[N+](C)(C)C)C(=O)[O-]. The van der Waals surface area contributed by atoms with E-state index in [1.54, 1.807) is 0 Å². The molecule has 2 unspecified atom stereocenters. The molecule has 0 amide bonds. The van der Waals surface area contributed by atoms with Crippen molar-refractivity contribution >= 4 is 17.9 Å². The number of rotatable bonds is 68. The molecule has 0 aromatic heterocycles. The van der Waals surface area contributed by atoms with E-state index in [0.29, 0.717) is 17.4 Å². The van der Waals surface area contributed by atoms with E-state index in [9.17, 15) is 19.5 Å². The van der Waals surface area contributed by atoms with Crippen LogP contribution in [0, 0.1) is 0 Å². The van der Waals surface area contributed by atoms with Crippen LogP contribution in [-0.4, -0.2) is 82.3 Å². The molecule has 552 valence electrons. The maximum absolute atomic E-state index is 12.9. The van der Waals surface area contributed by atoms with Gasteiger partial charge >= 0.3 is 11.9 Å². The molecule has 0 aromatic rings. The first-order chi connectivity index (χ1) is 48.6. The van der Waals surface area contributed by atoms with Crippen LogP contribution in [0.4, 0.5) is 0 Å². The van der Waals surface area contributed by atoms with E-state index < -0.39 is 24.3 Å². The molecule has 9 heteroatoms. The van der Waals surface area contributed by atoms with Gasteiger partial charge in [-0.1, -0.05) is 315 Å². The maximum Gasteiger partial charge on any atom is 0.306 e. The molecule has 0 aliphatic rings. The van der Waals surface area contributed by atoms with Gasteiger partial charge in [-0.3, -0.25) is 9.59 Å². The number of aliphatic carboxylic acids is 1. The number of hydrogen-bond donors (Lipinski definition) is 0. The Hall–Kier alpha value is -6.65. The fraction of sp³-hybridized carbons (Fsp3) is 0.544. The predicted molar refractivity (Wildman–Crippen MR) is 425 cm³/mol. The van der Waals surface area contributed by atoms with Crippen LogP contribution in [0.15, 0.2) is 231 Å². The summed E-state index contributed by atoms with van der Waals surface area (Å²) < 4.78 is 22.8. The highest BCUT2D eigenvalue weighted by Crippen LogP contribution is 2.15. The van der Waals surface area contributed by atoms with Gasteiger partial charge in [0, 0.05) is 12.8 Å². The summed E-state index contributed by atoms with van der Waals surface area (Å²) >= 11 is 0. The third kappa shape index (κ3) is 78.6. The molecular weight excluding hydrogens is 1220 g/mol. The summed E-state index contributed by atoms with van der Waals surface area (Å²) in [5.74, 6) is -2.37. The molecule has 0 rings (SSSR count). The van der Waals surface area contributed by atoms with Crippen molar-refractivity contribution in [3.8, 4) is 0 Å². The zero-order chi connectivity index (χ0) is 71.8. The van der Waals surface area contributed by atoms with Crippen LogP contribution in [0.5, 0.6) is 0 Å². The zero-order valence-electron chi connectivity index (χ0n) is 63.0. The Labute approximate surface area is 606 Å². The lowest BCUT2D eigenvalue weighted by molar-refractivity contribution is -0.870. The molecular formula is C90H139NO8. The quantitative estimate of drug-likeness (QED) is 0.0195. The average Bonchev–Trinajstić information content (AvgIpc) is 1.57. The molecule has 0 aliphatic heterocycles. The van der Waals surface area contributed by atoms with Crippen molar-refractivity contribution < 1.29 is 42.9 Å². The molecule has 0 fully saturated rings. The summed E-state index contributed by atoms with van der Waals surface area (Å²) in [6, 6.07) is 0. The topological polar surface area (TPSA) is 111 Å². The average molecular weight is 1360 g/mol. The highest BCUT2D eigenvalue weighted by atomic mass is 16.7. The van der Waals surface area contributed by atoms with E-state index in [2.05, 4.69) is 245 Å². The smallest absolute Gasteiger partial charge is 0.306 e. The minimum Gasteiger partial charge on any atom is -0.545 e. The van der Waals surface area contributed by atoms with Crippen LogP contribution in [0.1, 0.15) is 258 Å². The van der Waals surface area contributed by atoms with Gasteiger partial charge in [-0.15, -0.1) is 0 Å². The normalized spacial score (nSPS) is 14.0. The number of carboxylic acids is 1. The first-order valence-corrected chi connectivity index (χ1v) is 38.5. The lowest BCUT2D eigenvalue weighted by Gasteiger charge is -2.26. The lowest BCUT2D eigenvalue weighted by atomic mass is 10.0. The van der Waals surface area contributed by atoms with Gasteiger partial charge in [0.25, 0.3) is 0 Å². The van der Waals surface area contributed by atoms with Crippen LogP contribution in [0.2, 0.25) is 0 Å². The zero-order valence-corrected chi connectivity index (χ0v) is 63.0. The largest absolute Gasteiger partial charge is 0.545 e. The van der Waals surface area contributed by atoms with E-state index in [-0.39, 0.29) is 38.6 Å².